The normalized spacial score (nSPS) is 18.5. The lowest BCUT2D eigenvalue weighted by Gasteiger charge is -2.32. The van der Waals surface area contributed by atoms with Crippen LogP contribution in [0.2, 0.25) is 0 Å². The molecular weight excluding hydrogens is 1480 g/mol. The van der Waals surface area contributed by atoms with Gasteiger partial charge in [-0.15, -0.1) is 0 Å². The van der Waals surface area contributed by atoms with Gasteiger partial charge in [-0.3, -0.25) is 77.4 Å². The Morgan fingerprint density at radius 3 is 1.46 bits per heavy atom. The van der Waals surface area contributed by atoms with Crippen LogP contribution in [0, 0.1) is 11.3 Å². The van der Waals surface area contributed by atoms with E-state index >= 15 is 4.79 Å². The summed E-state index contributed by atoms with van der Waals surface area (Å²) in [5.41, 5.74) is 14.5. The number of morpholine rings is 1. The molecule has 114 heavy (non-hydrogen) atoms. The summed E-state index contributed by atoms with van der Waals surface area (Å²) in [4.78, 5) is 202. The van der Waals surface area contributed by atoms with Crippen molar-refractivity contribution in [2.75, 3.05) is 72.2 Å². The number of guanidine groups is 1. The lowest BCUT2D eigenvalue weighted by molar-refractivity contribution is -0.145. The van der Waals surface area contributed by atoms with Gasteiger partial charge in [0, 0.05) is 58.5 Å². The van der Waals surface area contributed by atoms with Crippen LogP contribution in [0.1, 0.15) is 95.2 Å². The van der Waals surface area contributed by atoms with Crippen molar-refractivity contribution in [3.05, 3.63) is 126 Å². The highest BCUT2D eigenvalue weighted by Gasteiger charge is 2.44. The van der Waals surface area contributed by atoms with Crippen molar-refractivity contribution in [3.63, 3.8) is 0 Å². The lowest BCUT2D eigenvalue weighted by Crippen LogP contribution is -2.62. The second kappa shape index (κ2) is 42.9. The van der Waals surface area contributed by atoms with E-state index in [1.165, 1.54) is 41.0 Å². The molecule has 0 aromatic heterocycles. The van der Waals surface area contributed by atoms with Gasteiger partial charge in [-0.25, -0.2) is 0 Å². The zero-order valence-electron chi connectivity index (χ0n) is 64.0. The number of rotatable bonds is 39. The molecule has 4 heterocycles. The fourth-order valence-electron chi connectivity index (χ4n) is 14.1. The molecule has 12 atom stereocenters. The highest BCUT2D eigenvalue weighted by Crippen LogP contribution is 2.26. The molecule has 19 N–H and O–H groups in total. The molecule has 13 amide bonds. The Morgan fingerprint density at radius 2 is 0.921 bits per heavy atom. The average Bonchev–Trinajstić information content (AvgIpc) is 1.63. The van der Waals surface area contributed by atoms with E-state index in [1.54, 1.807) is 68.4 Å². The van der Waals surface area contributed by atoms with Crippen molar-refractivity contribution in [3.8, 4) is 16.9 Å². The minimum Gasteiger partial charge on any atom is -0.508 e. The molecule has 4 saturated heterocycles. The number of ether oxygens (including phenoxy) is 1. The molecule has 8 rings (SSSR count). The van der Waals surface area contributed by atoms with E-state index < -0.39 is 181 Å². The Labute approximate surface area is 659 Å². The van der Waals surface area contributed by atoms with Crippen LogP contribution in [-0.4, -0.2) is 273 Å². The fourth-order valence-corrected chi connectivity index (χ4v) is 14.1. The molecule has 0 aliphatic carbocycles. The zero-order valence-corrected chi connectivity index (χ0v) is 64.0. The predicted molar refractivity (Wildman–Crippen MR) is 412 cm³/mol. The van der Waals surface area contributed by atoms with E-state index in [0.717, 1.165) is 16.0 Å². The monoisotopic (exact) mass is 1580 g/mol. The number of carboxylic acid groups (broad SMARTS) is 1. The smallest absolute Gasteiger partial charge is 0.305 e. The van der Waals surface area contributed by atoms with E-state index in [2.05, 4.69) is 53.2 Å². The second-order valence-corrected chi connectivity index (χ2v) is 29.1. The number of carbonyl (C=O) groups excluding carboxylic acids is 13. The first-order valence-corrected chi connectivity index (χ1v) is 38.2. The number of aliphatic hydroxyl groups excluding tert-OH is 2. The number of nitrogens with zero attached hydrogens (tertiary/aromatic N) is 4. The molecule has 4 aromatic carbocycles. The fraction of sp³-hybridized carbons (Fsp3) is 0.500. The molecule has 0 unspecified atom stereocenters. The number of amides is 13. The summed E-state index contributed by atoms with van der Waals surface area (Å²) in [6.07, 6.45) is 0.205. The van der Waals surface area contributed by atoms with Gasteiger partial charge in [0.25, 0.3) is 0 Å². The summed E-state index contributed by atoms with van der Waals surface area (Å²) in [5, 5.41) is 74.4. The van der Waals surface area contributed by atoms with Crippen LogP contribution in [-0.2, 0) is 91.1 Å². The number of carbonyl (C=O) groups is 14. The Morgan fingerprint density at radius 1 is 0.482 bits per heavy atom. The minimum absolute atomic E-state index is 0.00978. The van der Waals surface area contributed by atoms with E-state index in [4.69, 9.17) is 21.6 Å². The van der Waals surface area contributed by atoms with Gasteiger partial charge in [-0.2, -0.15) is 0 Å². The van der Waals surface area contributed by atoms with Crippen LogP contribution in [0.4, 0.5) is 0 Å². The molecule has 616 valence electrons. The van der Waals surface area contributed by atoms with Crippen LogP contribution < -0.4 is 64.6 Å². The summed E-state index contributed by atoms with van der Waals surface area (Å²) < 4.78 is 5.38. The first-order chi connectivity index (χ1) is 54.5. The third kappa shape index (κ3) is 25.4. The quantitative estimate of drug-likeness (QED) is 0.0118. The van der Waals surface area contributed by atoms with Gasteiger partial charge in [0.2, 0.25) is 76.8 Å². The highest BCUT2D eigenvalue weighted by atomic mass is 16.5. The second-order valence-electron chi connectivity index (χ2n) is 29.1. The largest absolute Gasteiger partial charge is 0.508 e. The predicted octanol–water partition coefficient (Wildman–Crippen LogP) is -3.36. The molecule has 4 aliphatic rings. The van der Waals surface area contributed by atoms with E-state index in [-0.39, 0.29) is 95.8 Å². The van der Waals surface area contributed by atoms with Gasteiger partial charge in [-0.05, 0) is 104 Å². The van der Waals surface area contributed by atoms with Gasteiger partial charge in [0.15, 0.2) is 5.96 Å². The summed E-state index contributed by atoms with van der Waals surface area (Å²) in [7, 11) is 0. The molecule has 0 spiro atoms. The maximum atomic E-state index is 15.0. The number of carboxylic acids is 1. The number of hydrogen-bond donors (Lipinski definition) is 17. The van der Waals surface area contributed by atoms with Gasteiger partial charge in [0.1, 0.15) is 78.3 Å². The maximum Gasteiger partial charge on any atom is 0.305 e. The summed E-state index contributed by atoms with van der Waals surface area (Å²) >= 11 is 0. The third-order valence-electron chi connectivity index (χ3n) is 20.3. The Kier molecular flexibility index (Phi) is 33.1. The van der Waals surface area contributed by atoms with Gasteiger partial charge in [0.05, 0.1) is 39.4 Å². The number of phenolic OH excluding ortho intramolecular Hbond substituents is 1. The van der Waals surface area contributed by atoms with Crippen molar-refractivity contribution < 1.29 is 92.3 Å². The standard InChI is InChI=1S/C78H105N17O19/c1-45(2)65(77(113)95-33-13-21-62(95)74(110)86-55(38-47-14-6-4-7-15-47)69(105)85-53(18-10-30-82-78(80)81)75(111)93-31-11-19-60(93)66(79)102)91-72(108)59(44-97)90-70(106)56(41-64(100)101)87-73(109)61-20-12-32-94(61)76(112)57(40-48-22-26-51(27-23-48)50-16-8-5-9-17-50)88-67(103)46(3)83-71(107)58(43-96)89-68(104)54(39-49-24-28-52(98)29-25-49)84-63(99)42-92-34-36-114-37-35-92/h4-9,14-17,22-29,45-46,53-62,65,96-98H,10-13,18-21,30-44H2,1-3H3,(H2,79,102)(H,83,107)(H,84,99)(H,85,105)(H,86,110)(H,87,109)(H,88,103)(H,89,104)(H,90,106)(H,91,108)(H,100,101)(H4,80,81,82)/t46-,53-,54-,55-,56-,57-,58-,59-,60-,61-,62-,65-/m0/s1. The lowest BCUT2D eigenvalue weighted by atomic mass is 9.99. The molecule has 0 saturated carbocycles. The molecule has 4 fully saturated rings. The number of aliphatic hydroxyl groups is 2. The zero-order chi connectivity index (χ0) is 82.7. The first kappa shape index (κ1) is 87.9. The Balaban J connectivity index is 0.926. The number of benzene rings is 4. The summed E-state index contributed by atoms with van der Waals surface area (Å²) in [6.45, 7) is 4.31. The van der Waals surface area contributed by atoms with Crippen molar-refractivity contribution in [2.24, 2.45) is 17.4 Å². The number of phenols is 1. The molecule has 4 aliphatic heterocycles. The first-order valence-electron chi connectivity index (χ1n) is 38.2. The van der Waals surface area contributed by atoms with Crippen molar-refractivity contribution in [1.82, 2.24) is 72.8 Å². The molecular formula is C78H105N17O19. The molecule has 36 nitrogen and oxygen atoms in total. The third-order valence-corrected chi connectivity index (χ3v) is 20.3. The topological polar surface area (TPSA) is 538 Å². The van der Waals surface area contributed by atoms with Crippen LogP contribution in [0.25, 0.3) is 11.1 Å². The summed E-state index contributed by atoms with van der Waals surface area (Å²) in [6, 6.07) is 13.6. The SMILES string of the molecule is CC(C)[C@H](NC(=O)[C@H](CO)NC(=O)[C@H](CC(=O)O)NC(=O)[C@@H]1CCCN1C(=O)[C@H](Cc1ccc(-c2ccccc2)cc1)NC(=O)[C@H](C)NC(=O)[C@H](CO)NC(=O)[C@H](Cc1ccc(O)cc1)NC(=O)CN1CCOCC1)C(=O)N1CCC[C@H]1C(=O)N[C@@H](Cc1ccccc1)C(=O)N[C@@H](CCCNC(=N)N)C(=O)N1CCC[C@H]1C(N)=O. The molecule has 0 bridgehead atoms. The molecule has 36 heteroatoms. The van der Waals surface area contributed by atoms with E-state index in [9.17, 15) is 82.8 Å². The van der Waals surface area contributed by atoms with Crippen LogP contribution >= 0.6 is 0 Å². The van der Waals surface area contributed by atoms with Gasteiger partial charge >= 0.3 is 5.97 Å². The minimum atomic E-state index is -1.96. The summed E-state index contributed by atoms with van der Waals surface area (Å²) in [5.74, 6) is -13.8. The van der Waals surface area contributed by atoms with Crippen LogP contribution in [0.5, 0.6) is 5.75 Å². The van der Waals surface area contributed by atoms with Crippen molar-refractivity contribution >= 4 is 88.7 Å². The Bertz CT molecular complexity index is 4040. The Hall–Kier alpha value is -11.6. The van der Waals surface area contributed by atoms with Gasteiger partial charge in [-0.1, -0.05) is 111 Å². The van der Waals surface area contributed by atoms with Crippen LogP contribution in [0.3, 0.4) is 0 Å². The van der Waals surface area contributed by atoms with Gasteiger partial charge < -0.3 is 104 Å². The van der Waals surface area contributed by atoms with Crippen LogP contribution in [0.15, 0.2) is 109 Å². The van der Waals surface area contributed by atoms with Crippen molar-refractivity contribution in [2.45, 2.75) is 170 Å². The number of nitrogens with one attached hydrogen (secondary N) is 11. The maximum absolute atomic E-state index is 15.0. The highest BCUT2D eigenvalue weighted by molar-refractivity contribution is 6.01. The number of nitrogens with two attached hydrogens (primary N) is 2. The van der Waals surface area contributed by atoms with Crippen molar-refractivity contribution in [1.29, 1.82) is 5.41 Å². The van der Waals surface area contributed by atoms with E-state index in [1.807, 2.05) is 35.2 Å². The van der Waals surface area contributed by atoms with E-state index in [0.29, 0.717) is 62.3 Å². The number of hydrogen-bond acceptors (Lipinski definition) is 20. The number of primary amides is 1. The molecule has 0 radical (unpaired) electrons. The average molecular weight is 1580 g/mol. The molecule has 4 aromatic rings. The number of aromatic hydroxyl groups is 1. The number of likely N-dealkylation sites (tertiary alicyclic amines) is 3. The number of aliphatic carboxylic acids is 1.